The highest BCUT2D eigenvalue weighted by atomic mass is 32.2. The minimum Gasteiger partial charge on any atom is -0.478 e. The second-order valence-electron chi connectivity index (χ2n) is 5.25. The number of aryl methyl sites for hydroxylation is 2. The number of rotatable bonds is 4. The van der Waals surface area contributed by atoms with E-state index in [2.05, 4.69) is 0 Å². The fraction of sp³-hybridized carbons (Fsp3) is 0.615. The minimum absolute atomic E-state index is 0.0398. The maximum absolute atomic E-state index is 12.7. The zero-order valence-electron chi connectivity index (χ0n) is 12.0. The van der Waals surface area contributed by atoms with E-state index in [9.17, 15) is 18.3 Å². The summed E-state index contributed by atoms with van der Waals surface area (Å²) in [4.78, 5) is 11.1. The normalized spacial score (nSPS) is 18.0. The van der Waals surface area contributed by atoms with E-state index in [0.29, 0.717) is 12.8 Å². The van der Waals surface area contributed by atoms with Crippen LogP contribution in [0.25, 0.3) is 0 Å². The van der Waals surface area contributed by atoms with E-state index in [1.54, 1.807) is 0 Å². The Morgan fingerprint density at radius 1 is 1.29 bits per heavy atom. The first-order chi connectivity index (χ1) is 9.78. The minimum atomic E-state index is -3.90. The van der Waals surface area contributed by atoms with Crippen LogP contribution in [0, 0.1) is 19.8 Å². The molecule has 1 aromatic rings. The van der Waals surface area contributed by atoms with Gasteiger partial charge in [0.15, 0.2) is 0 Å². The Morgan fingerprint density at radius 2 is 1.86 bits per heavy atom. The largest absolute Gasteiger partial charge is 0.478 e. The summed E-state index contributed by atoms with van der Waals surface area (Å²) in [5, 5.41) is 18.3. The van der Waals surface area contributed by atoms with Gasteiger partial charge in [0.1, 0.15) is 22.0 Å². The van der Waals surface area contributed by atoms with Gasteiger partial charge in [0, 0.05) is 19.7 Å². The highest BCUT2D eigenvalue weighted by Crippen LogP contribution is 2.31. The maximum Gasteiger partial charge on any atom is 0.340 e. The summed E-state index contributed by atoms with van der Waals surface area (Å²) in [5.74, 6) is -1.03. The number of nitrogens with zero attached hydrogens (tertiary/aromatic N) is 1. The summed E-state index contributed by atoms with van der Waals surface area (Å²) in [5.41, 5.74) is -0.295. The molecule has 8 heteroatoms. The zero-order valence-corrected chi connectivity index (χ0v) is 12.8. The zero-order chi connectivity index (χ0) is 15.8. The van der Waals surface area contributed by atoms with Gasteiger partial charge in [-0.2, -0.15) is 4.31 Å². The molecule has 1 fully saturated rings. The number of carboxylic acid groups (broad SMARTS) is 1. The molecule has 1 aliphatic rings. The predicted octanol–water partition coefficient (Wildman–Crippen LogP) is 0.988. The molecule has 0 bridgehead atoms. The topological polar surface area (TPSA) is 108 Å². The van der Waals surface area contributed by atoms with Crippen LogP contribution < -0.4 is 0 Å². The van der Waals surface area contributed by atoms with Gasteiger partial charge < -0.3 is 14.6 Å². The molecular formula is C13H19NO6S. The second-order valence-corrected chi connectivity index (χ2v) is 7.13. The molecule has 0 aliphatic carbocycles. The second kappa shape index (κ2) is 5.78. The van der Waals surface area contributed by atoms with Gasteiger partial charge >= 0.3 is 5.97 Å². The van der Waals surface area contributed by atoms with Crippen molar-refractivity contribution < 1.29 is 27.8 Å². The van der Waals surface area contributed by atoms with Gasteiger partial charge in [-0.15, -0.1) is 0 Å². The van der Waals surface area contributed by atoms with Crippen LogP contribution in [0.4, 0.5) is 0 Å². The Bertz CT molecular complexity index is 640. The average Bonchev–Trinajstić information content (AvgIpc) is 2.74. The van der Waals surface area contributed by atoms with Gasteiger partial charge in [0.25, 0.3) is 0 Å². The number of hydrogen-bond donors (Lipinski definition) is 2. The summed E-state index contributed by atoms with van der Waals surface area (Å²) in [6.45, 7) is 3.48. The molecule has 0 aromatic carbocycles. The molecular weight excluding hydrogens is 298 g/mol. The molecule has 2 N–H and O–H groups in total. The Balaban J connectivity index is 2.39. The van der Waals surface area contributed by atoms with E-state index < -0.39 is 16.0 Å². The van der Waals surface area contributed by atoms with Crippen LogP contribution in [0.5, 0.6) is 0 Å². The van der Waals surface area contributed by atoms with Gasteiger partial charge in [-0.1, -0.05) is 0 Å². The van der Waals surface area contributed by atoms with E-state index in [4.69, 9.17) is 9.52 Å². The van der Waals surface area contributed by atoms with Gasteiger partial charge in [-0.25, -0.2) is 13.2 Å². The van der Waals surface area contributed by atoms with Crippen molar-refractivity contribution in [2.75, 3.05) is 19.7 Å². The first-order valence-electron chi connectivity index (χ1n) is 6.73. The number of carboxylic acids is 1. The van der Waals surface area contributed by atoms with Crippen molar-refractivity contribution in [2.45, 2.75) is 31.6 Å². The molecule has 0 atom stereocenters. The molecule has 2 heterocycles. The standard InChI is InChI=1S/C13H19NO6S/c1-8-11(13(16)17)12(9(2)20-8)21(18,19)14-5-3-10(7-15)4-6-14/h10,15H,3-7H2,1-2H3,(H,16,17). The third-order valence-corrected chi connectivity index (χ3v) is 5.90. The number of hydrogen-bond acceptors (Lipinski definition) is 5. The lowest BCUT2D eigenvalue weighted by Gasteiger charge is -2.30. The van der Waals surface area contributed by atoms with Crippen molar-refractivity contribution in [3.63, 3.8) is 0 Å². The van der Waals surface area contributed by atoms with E-state index >= 15 is 0 Å². The quantitative estimate of drug-likeness (QED) is 0.857. The molecule has 7 nitrogen and oxygen atoms in total. The van der Waals surface area contributed by atoms with Crippen molar-refractivity contribution in [2.24, 2.45) is 5.92 Å². The van der Waals surface area contributed by atoms with Crippen LogP contribution in [0.1, 0.15) is 34.7 Å². The number of furan rings is 1. The molecule has 1 aromatic heterocycles. The van der Waals surface area contributed by atoms with Gasteiger partial charge in [0.2, 0.25) is 10.0 Å². The SMILES string of the molecule is Cc1oc(C)c(S(=O)(=O)N2CCC(CO)CC2)c1C(=O)O. The van der Waals surface area contributed by atoms with E-state index in [1.165, 1.54) is 18.2 Å². The lowest BCUT2D eigenvalue weighted by molar-refractivity contribution is 0.0691. The number of piperidine rings is 1. The van der Waals surface area contributed by atoms with Crippen LogP contribution in [-0.2, 0) is 10.0 Å². The molecule has 0 radical (unpaired) electrons. The van der Waals surface area contributed by atoms with Crippen LogP contribution in [-0.4, -0.2) is 48.6 Å². The van der Waals surface area contributed by atoms with E-state index in [-0.39, 0.29) is 47.6 Å². The van der Waals surface area contributed by atoms with Crippen LogP contribution >= 0.6 is 0 Å². The van der Waals surface area contributed by atoms with Gasteiger partial charge in [0.05, 0.1) is 0 Å². The third-order valence-electron chi connectivity index (χ3n) is 3.85. The summed E-state index contributed by atoms with van der Waals surface area (Å²) < 4.78 is 31.8. The molecule has 0 amide bonds. The maximum atomic E-state index is 12.7. The van der Waals surface area contributed by atoms with Gasteiger partial charge in [-0.05, 0) is 32.6 Å². The molecule has 1 aliphatic heterocycles. The molecule has 0 saturated carbocycles. The Morgan fingerprint density at radius 3 is 2.33 bits per heavy atom. The van der Waals surface area contributed by atoms with Crippen molar-refractivity contribution >= 4 is 16.0 Å². The van der Waals surface area contributed by atoms with Crippen molar-refractivity contribution in [1.82, 2.24) is 4.31 Å². The van der Waals surface area contributed by atoms with Crippen LogP contribution in [0.15, 0.2) is 9.31 Å². The number of carbonyl (C=O) groups is 1. The third kappa shape index (κ3) is 2.83. The summed E-state index contributed by atoms with van der Waals surface area (Å²) >= 11 is 0. The van der Waals surface area contributed by atoms with Crippen molar-refractivity contribution in [3.05, 3.63) is 17.1 Å². The Hall–Kier alpha value is -1.38. The van der Waals surface area contributed by atoms with Gasteiger partial charge in [-0.3, -0.25) is 0 Å². The first-order valence-corrected chi connectivity index (χ1v) is 8.17. The molecule has 0 unspecified atom stereocenters. The molecule has 2 rings (SSSR count). The van der Waals surface area contributed by atoms with Crippen molar-refractivity contribution in [1.29, 1.82) is 0 Å². The highest BCUT2D eigenvalue weighted by molar-refractivity contribution is 7.89. The average molecular weight is 317 g/mol. The smallest absolute Gasteiger partial charge is 0.340 e. The number of aromatic carboxylic acids is 1. The Labute approximate surface area is 123 Å². The monoisotopic (exact) mass is 317 g/mol. The fourth-order valence-electron chi connectivity index (χ4n) is 2.68. The summed E-state index contributed by atoms with van der Waals surface area (Å²) in [6.07, 6.45) is 1.13. The van der Waals surface area contributed by atoms with E-state index in [1.807, 2.05) is 0 Å². The summed E-state index contributed by atoms with van der Waals surface area (Å²) in [7, 11) is -3.90. The summed E-state index contributed by atoms with van der Waals surface area (Å²) in [6, 6.07) is 0. The lowest BCUT2D eigenvalue weighted by Crippen LogP contribution is -2.39. The number of sulfonamides is 1. The number of aliphatic hydroxyl groups excluding tert-OH is 1. The first kappa shape index (κ1) is 16.0. The Kier molecular flexibility index (Phi) is 4.40. The predicted molar refractivity (Wildman–Crippen MR) is 73.7 cm³/mol. The van der Waals surface area contributed by atoms with Crippen molar-refractivity contribution in [3.8, 4) is 0 Å². The molecule has 1 saturated heterocycles. The molecule has 118 valence electrons. The van der Waals surface area contributed by atoms with E-state index in [0.717, 1.165) is 0 Å². The van der Waals surface area contributed by atoms with Crippen LogP contribution in [0.2, 0.25) is 0 Å². The highest BCUT2D eigenvalue weighted by Gasteiger charge is 2.36. The molecule has 21 heavy (non-hydrogen) atoms. The fourth-order valence-corrected chi connectivity index (χ4v) is 4.53. The molecule has 0 spiro atoms. The lowest BCUT2D eigenvalue weighted by atomic mass is 10.00. The van der Waals surface area contributed by atoms with Crippen LogP contribution in [0.3, 0.4) is 0 Å². The number of aliphatic hydroxyl groups is 1.